The van der Waals surface area contributed by atoms with Gasteiger partial charge in [0.05, 0.1) is 5.69 Å². The lowest BCUT2D eigenvalue weighted by Gasteiger charge is -2.15. The largest absolute Gasteiger partial charge is 0.478 e. The van der Waals surface area contributed by atoms with Crippen LogP contribution in [-0.4, -0.2) is 22.9 Å². The summed E-state index contributed by atoms with van der Waals surface area (Å²) in [5.74, 6) is -1.70. The van der Waals surface area contributed by atoms with Gasteiger partial charge in [0.1, 0.15) is 9.88 Å². The summed E-state index contributed by atoms with van der Waals surface area (Å²) in [7, 11) is 0. The van der Waals surface area contributed by atoms with Gasteiger partial charge in [-0.15, -0.1) is 11.3 Å². The average Bonchev–Trinajstić information content (AvgIpc) is 3.10. The summed E-state index contributed by atoms with van der Waals surface area (Å²) in [5, 5.41) is 0.714. The Morgan fingerprint density at radius 1 is 1.07 bits per heavy atom. The van der Waals surface area contributed by atoms with Crippen molar-refractivity contribution in [2.45, 2.75) is 20.0 Å². The smallest absolute Gasteiger partial charge is 0.281 e. The zero-order valence-electron chi connectivity index (χ0n) is 15.2. The molecular weight excluding hydrogens is 381 g/mol. The van der Waals surface area contributed by atoms with E-state index in [0.29, 0.717) is 15.6 Å². The summed E-state index contributed by atoms with van der Waals surface area (Å²) in [5.41, 5.74) is 6.10. The Labute approximate surface area is 165 Å². The van der Waals surface area contributed by atoms with Gasteiger partial charge in [-0.2, -0.15) is 0 Å². The molecule has 6 nitrogen and oxygen atoms in total. The molecule has 2 aromatic carbocycles. The Balaban J connectivity index is 1.60. The molecule has 0 aliphatic rings. The maximum Gasteiger partial charge on any atom is 0.281 e. The third-order valence-electron chi connectivity index (χ3n) is 3.83. The van der Waals surface area contributed by atoms with Crippen LogP contribution in [0.5, 0.6) is 5.75 Å². The zero-order valence-corrected chi connectivity index (χ0v) is 16.0. The van der Waals surface area contributed by atoms with E-state index in [4.69, 9.17) is 4.74 Å². The number of thiazole rings is 1. The van der Waals surface area contributed by atoms with Gasteiger partial charge in [-0.05, 0) is 26.0 Å². The summed E-state index contributed by atoms with van der Waals surface area (Å²) in [6, 6.07) is 15.3. The van der Waals surface area contributed by atoms with Gasteiger partial charge in [-0.25, -0.2) is 9.37 Å². The number of hydrazine groups is 1. The number of carbonyl (C=O) groups is 2. The summed E-state index contributed by atoms with van der Waals surface area (Å²) < 4.78 is 18.9. The van der Waals surface area contributed by atoms with Crippen LogP contribution in [0.1, 0.15) is 22.3 Å². The van der Waals surface area contributed by atoms with Gasteiger partial charge >= 0.3 is 0 Å². The first-order valence-electron chi connectivity index (χ1n) is 8.50. The second-order valence-corrected chi connectivity index (χ2v) is 6.93. The molecule has 2 amide bonds. The van der Waals surface area contributed by atoms with Crippen LogP contribution in [0.15, 0.2) is 54.6 Å². The lowest BCUT2D eigenvalue weighted by atomic mass is 10.2. The van der Waals surface area contributed by atoms with Crippen molar-refractivity contribution in [1.29, 1.82) is 0 Å². The fraction of sp³-hybridized carbons (Fsp3) is 0.150. The number of ether oxygens (including phenoxy) is 1. The van der Waals surface area contributed by atoms with Crippen LogP contribution in [0.2, 0.25) is 0 Å². The molecule has 0 spiro atoms. The molecule has 8 heteroatoms. The number of rotatable bonds is 5. The summed E-state index contributed by atoms with van der Waals surface area (Å²) in [6.45, 7) is 3.18. The van der Waals surface area contributed by atoms with E-state index >= 15 is 0 Å². The van der Waals surface area contributed by atoms with Crippen molar-refractivity contribution in [2.75, 3.05) is 0 Å². The number of benzene rings is 2. The quantitative estimate of drug-likeness (QED) is 0.644. The molecule has 3 aromatic rings. The first-order valence-corrected chi connectivity index (χ1v) is 9.31. The molecule has 144 valence electrons. The lowest BCUT2D eigenvalue weighted by molar-refractivity contribution is -0.128. The van der Waals surface area contributed by atoms with E-state index in [-0.39, 0.29) is 5.75 Å². The Morgan fingerprint density at radius 3 is 2.46 bits per heavy atom. The Bertz CT molecular complexity index is 991. The number of hydrogen-bond donors (Lipinski definition) is 2. The second-order valence-electron chi connectivity index (χ2n) is 5.93. The molecular formula is C20H18FN3O3S. The molecule has 0 fully saturated rings. The van der Waals surface area contributed by atoms with E-state index in [1.807, 2.05) is 30.3 Å². The number of nitrogens with zero attached hydrogens (tertiary/aromatic N) is 1. The Morgan fingerprint density at radius 2 is 1.75 bits per heavy atom. The van der Waals surface area contributed by atoms with Crippen molar-refractivity contribution in [2.24, 2.45) is 0 Å². The first-order chi connectivity index (χ1) is 13.5. The van der Waals surface area contributed by atoms with E-state index in [1.54, 1.807) is 13.0 Å². The van der Waals surface area contributed by atoms with Crippen LogP contribution in [-0.2, 0) is 4.79 Å². The first kappa shape index (κ1) is 19.5. The SMILES string of the molecule is Cc1nc(-c2ccccc2)sc1C(=O)NNC(=O)C(C)Oc1ccccc1F. The molecule has 1 atom stereocenters. The van der Waals surface area contributed by atoms with E-state index in [9.17, 15) is 14.0 Å². The van der Waals surface area contributed by atoms with E-state index < -0.39 is 23.7 Å². The molecule has 1 heterocycles. The van der Waals surface area contributed by atoms with Crippen molar-refractivity contribution in [1.82, 2.24) is 15.8 Å². The topological polar surface area (TPSA) is 80.3 Å². The Kier molecular flexibility index (Phi) is 6.00. The lowest BCUT2D eigenvalue weighted by Crippen LogP contribution is -2.47. The van der Waals surface area contributed by atoms with Gasteiger partial charge in [-0.3, -0.25) is 20.4 Å². The molecule has 1 aromatic heterocycles. The predicted octanol–water partition coefficient (Wildman–Crippen LogP) is 3.49. The number of carbonyl (C=O) groups excluding carboxylic acids is 2. The molecule has 1 unspecified atom stereocenters. The summed E-state index contributed by atoms with van der Waals surface area (Å²) >= 11 is 1.23. The van der Waals surface area contributed by atoms with Crippen LogP contribution in [0, 0.1) is 12.7 Å². The maximum atomic E-state index is 13.6. The predicted molar refractivity (Wildman–Crippen MR) is 104 cm³/mol. The van der Waals surface area contributed by atoms with Crippen molar-refractivity contribution in [3.8, 4) is 16.3 Å². The molecule has 0 aliphatic heterocycles. The molecule has 3 rings (SSSR count). The van der Waals surface area contributed by atoms with Crippen molar-refractivity contribution >= 4 is 23.2 Å². The monoisotopic (exact) mass is 399 g/mol. The molecule has 2 N–H and O–H groups in total. The minimum atomic E-state index is -1.00. The van der Waals surface area contributed by atoms with E-state index in [2.05, 4.69) is 15.8 Å². The molecule has 0 bridgehead atoms. The third kappa shape index (κ3) is 4.52. The van der Waals surface area contributed by atoms with Crippen LogP contribution in [0.3, 0.4) is 0 Å². The second kappa shape index (κ2) is 8.62. The van der Waals surface area contributed by atoms with Gasteiger partial charge in [0.25, 0.3) is 11.8 Å². The molecule has 0 saturated carbocycles. The van der Waals surface area contributed by atoms with Crippen molar-refractivity contribution in [3.05, 3.63) is 71.0 Å². The highest BCUT2D eigenvalue weighted by atomic mass is 32.1. The average molecular weight is 399 g/mol. The van der Waals surface area contributed by atoms with E-state index in [1.165, 1.54) is 36.5 Å². The molecule has 0 radical (unpaired) electrons. The van der Waals surface area contributed by atoms with Crippen LogP contribution in [0.25, 0.3) is 10.6 Å². The van der Waals surface area contributed by atoms with Crippen LogP contribution >= 0.6 is 11.3 Å². The standard InChI is InChI=1S/C20H18FN3O3S/c1-12-17(28-20(22-12)14-8-4-3-5-9-14)19(26)24-23-18(25)13(2)27-16-11-7-6-10-15(16)21/h3-11,13H,1-2H3,(H,23,25)(H,24,26). The fourth-order valence-corrected chi connectivity index (χ4v) is 3.34. The summed E-state index contributed by atoms with van der Waals surface area (Å²) in [4.78, 5) is 29.3. The van der Waals surface area contributed by atoms with Crippen molar-refractivity contribution in [3.63, 3.8) is 0 Å². The van der Waals surface area contributed by atoms with Gasteiger partial charge in [-0.1, -0.05) is 42.5 Å². The van der Waals surface area contributed by atoms with Gasteiger partial charge in [0, 0.05) is 5.56 Å². The number of aryl methyl sites for hydroxylation is 1. The number of aromatic nitrogens is 1. The molecule has 0 saturated heterocycles. The highest BCUT2D eigenvalue weighted by molar-refractivity contribution is 7.17. The molecule has 28 heavy (non-hydrogen) atoms. The number of halogens is 1. The third-order valence-corrected chi connectivity index (χ3v) is 5.04. The highest BCUT2D eigenvalue weighted by Gasteiger charge is 2.20. The maximum absolute atomic E-state index is 13.6. The van der Waals surface area contributed by atoms with Gasteiger partial charge in [0.2, 0.25) is 0 Å². The fourth-order valence-electron chi connectivity index (χ4n) is 2.37. The Hall–Kier alpha value is -3.26. The number of nitrogens with one attached hydrogen (secondary N) is 2. The highest BCUT2D eigenvalue weighted by Crippen LogP contribution is 2.27. The number of para-hydroxylation sites is 1. The zero-order chi connectivity index (χ0) is 20.1. The summed E-state index contributed by atoms with van der Waals surface area (Å²) in [6.07, 6.45) is -1.00. The van der Waals surface area contributed by atoms with Gasteiger partial charge in [0.15, 0.2) is 17.7 Å². The minimum Gasteiger partial charge on any atom is -0.478 e. The van der Waals surface area contributed by atoms with Crippen molar-refractivity contribution < 1.29 is 18.7 Å². The number of amides is 2. The normalized spacial score (nSPS) is 11.5. The van der Waals surface area contributed by atoms with Crippen LogP contribution < -0.4 is 15.6 Å². The minimum absolute atomic E-state index is 0.0396. The van der Waals surface area contributed by atoms with Gasteiger partial charge < -0.3 is 4.74 Å². The van der Waals surface area contributed by atoms with E-state index in [0.717, 1.165) is 5.56 Å². The number of hydrogen-bond acceptors (Lipinski definition) is 5. The molecule has 0 aliphatic carbocycles. The van der Waals surface area contributed by atoms with Crippen LogP contribution in [0.4, 0.5) is 4.39 Å².